The van der Waals surface area contributed by atoms with Crippen molar-refractivity contribution in [2.75, 3.05) is 78.9 Å². The first-order chi connectivity index (χ1) is 64.0. The number of nitrogens with zero attached hydrogens (tertiary/aromatic N) is 4. The number of aliphatic hydroxyl groups is 3. The normalized spacial score (nSPS) is 18.9. The molecule has 0 saturated carbocycles. The number of primary amides is 1. The van der Waals surface area contributed by atoms with Gasteiger partial charge >= 0.3 is 0 Å². The maximum absolute atomic E-state index is 15.2. The summed E-state index contributed by atoms with van der Waals surface area (Å²) >= 11 is 0. The highest BCUT2D eigenvalue weighted by molar-refractivity contribution is 6.01. The number of hydrogen-bond acceptors (Lipinski definition) is 26. The van der Waals surface area contributed by atoms with Crippen molar-refractivity contribution >= 4 is 111 Å². The minimum Gasteiger partial charge on any atom is -0.394 e. The Morgan fingerprint density at radius 2 is 1.19 bits per heavy atom. The van der Waals surface area contributed by atoms with Gasteiger partial charge in [0.1, 0.15) is 72.8 Å². The van der Waals surface area contributed by atoms with Crippen LogP contribution in [0.1, 0.15) is 204 Å². The van der Waals surface area contributed by atoms with Crippen molar-refractivity contribution in [2.24, 2.45) is 17.2 Å². The fraction of sp³-hybridized carbons (Fsp3) is 0.636. The van der Waals surface area contributed by atoms with Gasteiger partial charge in [0.05, 0.1) is 51.7 Å². The number of carbonyl (C=O) groups is 16. The third-order valence-corrected chi connectivity index (χ3v) is 22.6. The van der Waals surface area contributed by atoms with Crippen molar-refractivity contribution in [1.29, 1.82) is 5.41 Å². The quantitative estimate of drug-likeness (QED) is 0.0116. The number of aliphatic hydroxyl groups excluding tert-OH is 3. The summed E-state index contributed by atoms with van der Waals surface area (Å²) in [5.41, 5.74) is 18.8. The topological polar surface area (TPSA) is 696 Å². The molecule has 2 saturated heterocycles. The second-order valence-electron chi connectivity index (χ2n) is 33.3. The summed E-state index contributed by atoms with van der Waals surface area (Å²) in [7, 11) is 0. The lowest BCUT2D eigenvalue weighted by Crippen LogP contribution is -2.62. The molecule has 45 heteroatoms. The van der Waals surface area contributed by atoms with Crippen LogP contribution in [-0.4, -0.2) is 298 Å². The van der Waals surface area contributed by atoms with Crippen molar-refractivity contribution in [3.05, 3.63) is 77.7 Å². The van der Waals surface area contributed by atoms with Gasteiger partial charge in [0.25, 0.3) is 0 Å². The van der Waals surface area contributed by atoms with Crippen molar-refractivity contribution in [3.8, 4) is 0 Å². The second-order valence-corrected chi connectivity index (χ2v) is 33.3. The molecule has 2 aliphatic heterocycles. The lowest BCUT2D eigenvalue weighted by atomic mass is 10.0. The summed E-state index contributed by atoms with van der Waals surface area (Å²) < 4.78 is 10.8. The van der Waals surface area contributed by atoms with Crippen LogP contribution in [0.5, 0.6) is 0 Å². The number of tetrazole rings is 1. The molecule has 736 valence electrons. The smallest absolute Gasteiger partial charge is 0.246 e. The van der Waals surface area contributed by atoms with Crippen LogP contribution < -0.4 is 91.6 Å². The standard InChI is InChI=1S/C88H138N24O21/c1-3-4-29-62(101-85(129)70(53-114)107-83(127)68(48-89)106-80(124)64(35-37-72(90)117)102-84(128)69(52-113)98-76(120)50-97-77(121)54-133-44-43-132-42-41-94-74(118)34-20-15-13-11-9-7-5-6-8-10-12-14-19-33-73-108-110-111-109-73)78(122)103-65-36-38-75(119)93-39-24-23-30-60(55(2)115)99-82(126)67(46-57-49-96-61-31-22-21-28-59(57)61)104-79(123)63(32-25-40-95-88(91)92)100-81(125)66(45-56-26-17-16-18-27-56)105-86(130)71-47-58(116)51-112(71)87(65)131/h16-18,21-22,26-28,31,49,58,60,62-71,96,113-114,116H,3-15,19-20,23-25,29-30,32-48,50-54,89H2,1-2H3,(H2,90,117)(H,93,119)(H,94,118)(H,97,121)(H,98,120)(H,99,126)(H,100,125)(H,101,129)(H,102,128)(H,103,122)(H,104,123)(H,105,130)(H,106,124)(H,107,127)(H4,91,92,95)(H,108,109,110,111)/t58-,60+,62+,63+,64+,65+,66-,67+,68+,69+,70+,71+/m1/s1. The predicted octanol–water partition coefficient (Wildman–Crippen LogP) is -3.42. The van der Waals surface area contributed by atoms with E-state index in [0.29, 0.717) is 24.0 Å². The number of nitrogens with two attached hydrogens (primary N) is 3. The molecule has 45 nitrogen and oxygen atoms in total. The summed E-state index contributed by atoms with van der Waals surface area (Å²) in [6, 6.07) is -1.76. The number of carbonyl (C=O) groups excluding carboxylic acids is 16. The number of aromatic nitrogens is 5. The van der Waals surface area contributed by atoms with Crippen molar-refractivity contribution in [1.82, 2.24) is 105 Å². The third kappa shape index (κ3) is 41.6. The van der Waals surface area contributed by atoms with Crippen LogP contribution in [0.2, 0.25) is 0 Å². The molecule has 2 fully saturated rings. The van der Waals surface area contributed by atoms with Gasteiger partial charge in [-0.3, -0.25) is 82.1 Å². The van der Waals surface area contributed by atoms with Crippen LogP contribution in [0, 0.1) is 5.41 Å². The van der Waals surface area contributed by atoms with Gasteiger partial charge in [-0.05, 0) is 98.8 Å². The summed E-state index contributed by atoms with van der Waals surface area (Å²) in [6.07, 6.45) is 14.9. The number of amides is 15. The van der Waals surface area contributed by atoms with Crippen molar-refractivity contribution < 1.29 is 102 Å². The summed E-state index contributed by atoms with van der Waals surface area (Å²) in [5.74, 6) is -13.5. The van der Waals surface area contributed by atoms with Gasteiger partial charge in [-0.2, -0.15) is 0 Å². The number of Topliss-reactive ketones (excluding diaryl/α,β-unsaturated/α-hetero) is 1. The molecular weight excluding hydrogens is 1730 g/mol. The van der Waals surface area contributed by atoms with E-state index in [-0.39, 0.29) is 109 Å². The number of para-hydroxylation sites is 1. The Balaban J connectivity index is 1.03. The van der Waals surface area contributed by atoms with E-state index in [1.54, 1.807) is 49.5 Å². The van der Waals surface area contributed by atoms with Crippen LogP contribution in [-0.2, 0) is 105 Å². The molecule has 12 atom stereocenters. The lowest BCUT2D eigenvalue weighted by molar-refractivity contribution is -0.143. The number of benzene rings is 2. The van der Waals surface area contributed by atoms with E-state index >= 15 is 4.79 Å². The number of rotatable bonds is 55. The first-order valence-corrected chi connectivity index (χ1v) is 46.1. The molecule has 6 rings (SSSR count). The minimum atomic E-state index is -1.91. The summed E-state index contributed by atoms with van der Waals surface area (Å²) in [4.78, 5) is 226. The number of unbranched alkanes of at least 4 members (excludes halogenated alkanes) is 13. The number of aromatic amines is 2. The van der Waals surface area contributed by atoms with Gasteiger partial charge in [-0.15, -0.1) is 5.10 Å². The maximum atomic E-state index is 15.2. The first-order valence-electron chi connectivity index (χ1n) is 46.1. The van der Waals surface area contributed by atoms with E-state index in [9.17, 15) is 87.2 Å². The van der Waals surface area contributed by atoms with Crippen molar-refractivity contribution in [3.63, 3.8) is 0 Å². The Bertz CT molecular complexity index is 4370. The average molecular weight is 1870 g/mol. The molecule has 0 aliphatic carbocycles. The molecule has 26 N–H and O–H groups in total. The highest BCUT2D eigenvalue weighted by Gasteiger charge is 2.44. The Kier molecular flexibility index (Phi) is 50.7. The van der Waals surface area contributed by atoms with Gasteiger partial charge < -0.3 is 126 Å². The predicted molar refractivity (Wildman–Crippen MR) is 485 cm³/mol. The zero-order valence-corrected chi connectivity index (χ0v) is 76.1. The monoisotopic (exact) mass is 1870 g/mol. The SMILES string of the molecule is CCCC[C@H](NC(=O)[C@H](CO)NC(=O)[C@H](CN)NC(=O)[C@H](CCC(N)=O)NC(=O)[C@H](CO)NC(=O)CNC(=O)COCCOCCNC(=O)CCCCCCCCCCCCCCCc1nnn[nH]1)C(=O)N[C@H]1CCC(=O)NCCCC[C@@H](C(C)=O)NC(=O)[C@H](Cc2c[nH]c3ccccc23)NC(=O)[C@H](CCCNC(=N)N)NC(=O)[C@@H](Cc2ccccc2)NC(=O)[C@@H]2C[C@@H](O)CN2C1=O. The van der Waals surface area contributed by atoms with Crippen molar-refractivity contribution in [2.45, 2.75) is 279 Å². The van der Waals surface area contributed by atoms with Crippen LogP contribution in [0.3, 0.4) is 0 Å². The summed E-state index contributed by atoms with van der Waals surface area (Å²) in [5, 5.41) is 90.2. The lowest BCUT2D eigenvalue weighted by Gasteiger charge is -2.31. The third-order valence-electron chi connectivity index (χ3n) is 22.6. The molecule has 0 bridgehead atoms. The van der Waals surface area contributed by atoms with E-state index in [0.717, 1.165) is 60.2 Å². The van der Waals surface area contributed by atoms with E-state index in [1.165, 1.54) is 58.3 Å². The zero-order chi connectivity index (χ0) is 96.8. The van der Waals surface area contributed by atoms with Gasteiger partial charge in [0.15, 0.2) is 11.7 Å². The number of nitrogens with one attached hydrogen (secondary N) is 17. The molecule has 4 aromatic rings. The highest BCUT2D eigenvalue weighted by atomic mass is 16.5. The number of hydrogen-bond donors (Lipinski definition) is 23. The van der Waals surface area contributed by atoms with E-state index in [1.807, 2.05) is 18.2 Å². The fourth-order valence-electron chi connectivity index (χ4n) is 15.1. The first kappa shape index (κ1) is 110. The maximum Gasteiger partial charge on any atom is 0.246 e. The largest absolute Gasteiger partial charge is 0.394 e. The molecular formula is C88H138N24O21. The average Bonchev–Trinajstić information content (AvgIpc) is 1.68. The molecule has 4 heterocycles. The number of ether oxygens (including phenoxy) is 2. The van der Waals surface area contributed by atoms with E-state index < -0.39 is 233 Å². The van der Waals surface area contributed by atoms with Gasteiger partial charge in [-0.1, -0.05) is 139 Å². The van der Waals surface area contributed by atoms with Crippen LogP contribution in [0.25, 0.3) is 10.9 Å². The van der Waals surface area contributed by atoms with Gasteiger partial charge in [0.2, 0.25) is 88.6 Å². The zero-order valence-electron chi connectivity index (χ0n) is 76.1. The Morgan fingerprint density at radius 3 is 1.84 bits per heavy atom. The molecule has 133 heavy (non-hydrogen) atoms. The second kappa shape index (κ2) is 61.5. The Morgan fingerprint density at radius 1 is 0.594 bits per heavy atom. The van der Waals surface area contributed by atoms with E-state index in [2.05, 4.69) is 100 Å². The molecule has 2 aromatic heterocycles. The fourth-order valence-corrected chi connectivity index (χ4v) is 15.1. The molecule has 0 spiro atoms. The molecule has 0 radical (unpaired) electrons. The Labute approximate surface area is 772 Å². The van der Waals surface area contributed by atoms with Crippen LogP contribution >= 0.6 is 0 Å². The molecule has 2 aliphatic rings. The minimum absolute atomic E-state index is 0.0127. The number of guanidine groups is 1. The summed E-state index contributed by atoms with van der Waals surface area (Å²) in [6.45, 7) is -0.945. The van der Waals surface area contributed by atoms with Crippen LogP contribution in [0.4, 0.5) is 0 Å². The van der Waals surface area contributed by atoms with Gasteiger partial charge in [-0.25, -0.2) is 5.10 Å². The van der Waals surface area contributed by atoms with Gasteiger partial charge in [0, 0.05) is 94.8 Å². The number of fused-ring (bicyclic) bond motifs is 2. The number of H-pyrrole nitrogens is 2. The molecule has 2 aromatic carbocycles. The molecule has 15 amide bonds. The molecule has 0 unspecified atom stereocenters. The van der Waals surface area contributed by atoms with E-state index in [4.69, 9.17) is 32.1 Å². The Hall–Kier alpha value is -12.2. The number of aryl methyl sites for hydroxylation is 1. The highest BCUT2D eigenvalue weighted by Crippen LogP contribution is 2.24. The number of ketones is 1. The van der Waals surface area contributed by atoms with Crippen LogP contribution in [0.15, 0.2) is 60.8 Å².